The number of epoxide rings is 2. The van der Waals surface area contributed by atoms with Gasteiger partial charge in [-0.05, 0) is 38.5 Å². The van der Waals surface area contributed by atoms with Gasteiger partial charge in [0.1, 0.15) is 0 Å². The van der Waals surface area contributed by atoms with Gasteiger partial charge >= 0.3 is 0 Å². The van der Waals surface area contributed by atoms with Crippen LogP contribution in [0, 0.1) is 0 Å². The lowest BCUT2D eigenvalue weighted by molar-refractivity contribution is -0.122. The molecule has 2 fully saturated rings. The molecule has 0 saturated carbocycles. The Labute approximate surface area is 196 Å². The van der Waals surface area contributed by atoms with Crippen LogP contribution in [0.2, 0.25) is 0 Å². The van der Waals surface area contributed by atoms with Gasteiger partial charge in [-0.3, -0.25) is 9.59 Å². The first-order valence-electron chi connectivity index (χ1n) is 13.5. The molecule has 0 bridgehead atoms. The van der Waals surface area contributed by atoms with Crippen molar-refractivity contribution in [3.05, 3.63) is 0 Å². The number of rotatable bonds is 23. The quantitative estimate of drug-likeness (QED) is 0.168. The molecule has 2 unspecified atom stereocenters. The zero-order valence-corrected chi connectivity index (χ0v) is 20.3. The monoisotopic (exact) mass is 452 g/mol. The smallest absolute Gasteiger partial charge is 0.219 e. The highest BCUT2D eigenvalue weighted by atomic mass is 16.6. The zero-order chi connectivity index (χ0) is 22.7. The van der Waals surface area contributed by atoms with Gasteiger partial charge in [-0.1, -0.05) is 64.2 Å². The van der Waals surface area contributed by atoms with Crippen molar-refractivity contribution < 1.29 is 19.1 Å². The average Bonchev–Trinajstić information content (AvgIpc) is 3.70. The van der Waals surface area contributed by atoms with Gasteiger partial charge in [0.15, 0.2) is 0 Å². The van der Waals surface area contributed by atoms with Gasteiger partial charge in [0.25, 0.3) is 0 Å². The molecule has 0 spiro atoms. The maximum Gasteiger partial charge on any atom is 0.219 e. The molecule has 2 aliphatic rings. The Hall–Kier alpha value is -1.14. The normalized spacial score (nSPS) is 19.0. The summed E-state index contributed by atoms with van der Waals surface area (Å²) in [5.74, 6) is 0.335. The lowest BCUT2D eigenvalue weighted by Gasteiger charge is -2.07. The van der Waals surface area contributed by atoms with E-state index in [1.54, 1.807) is 0 Å². The number of carbonyl (C=O) groups is 2. The first-order valence-corrected chi connectivity index (χ1v) is 13.5. The molecule has 2 N–H and O–H groups in total. The molecule has 0 aliphatic carbocycles. The highest BCUT2D eigenvalue weighted by Crippen LogP contribution is 2.19. The standard InChI is InChI=1S/C26H48N2O4/c29-25(17-11-7-3-1-5-9-15-23-21-31-23)27-19-13-14-20-28-26(30)18-12-8-4-2-6-10-16-24-22-32-24/h23-24H,1-22H2,(H,27,29)(H,28,30). The molecule has 6 heteroatoms. The Morgan fingerprint density at radius 3 is 1.25 bits per heavy atom. The third kappa shape index (κ3) is 17.4. The van der Waals surface area contributed by atoms with Crippen molar-refractivity contribution in [2.24, 2.45) is 0 Å². The predicted octanol–water partition coefficient (Wildman–Crippen LogP) is 5.04. The van der Waals surface area contributed by atoms with E-state index in [0.717, 1.165) is 51.7 Å². The second kappa shape index (κ2) is 18.3. The molecule has 2 aliphatic heterocycles. The molecule has 0 aromatic heterocycles. The highest BCUT2D eigenvalue weighted by molar-refractivity contribution is 5.76. The van der Waals surface area contributed by atoms with Crippen LogP contribution in [0.4, 0.5) is 0 Å². The molecule has 6 nitrogen and oxygen atoms in total. The van der Waals surface area contributed by atoms with Crippen molar-refractivity contribution in [2.75, 3.05) is 26.3 Å². The second-order valence-electron chi connectivity index (χ2n) is 9.64. The minimum Gasteiger partial charge on any atom is -0.373 e. The van der Waals surface area contributed by atoms with Crippen LogP contribution < -0.4 is 10.6 Å². The minimum absolute atomic E-state index is 0.167. The summed E-state index contributed by atoms with van der Waals surface area (Å²) in [5.41, 5.74) is 0. The van der Waals surface area contributed by atoms with Crippen LogP contribution in [0.15, 0.2) is 0 Å². The van der Waals surface area contributed by atoms with Crippen LogP contribution in [-0.4, -0.2) is 50.3 Å². The summed E-state index contributed by atoms with van der Waals surface area (Å²) in [4.78, 5) is 23.7. The minimum atomic E-state index is 0.167. The van der Waals surface area contributed by atoms with Gasteiger partial charge in [0.2, 0.25) is 11.8 Å². The molecule has 2 atom stereocenters. The lowest BCUT2D eigenvalue weighted by atomic mass is 10.1. The number of carbonyl (C=O) groups excluding carboxylic acids is 2. The largest absolute Gasteiger partial charge is 0.373 e. The Morgan fingerprint density at radius 2 is 0.875 bits per heavy atom. The van der Waals surface area contributed by atoms with E-state index in [1.165, 1.54) is 64.2 Å². The van der Waals surface area contributed by atoms with E-state index in [0.29, 0.717) is 38.1 Å². The molecule has 2 rings (SSSR count). The van der Waals surface area contributed by atoms with Crippen molar-refractivity contribution in [3.63, 3.8) is 0 Å². The summed E-state index contributed by atoms with van der Waals surface area (Å²) in [6.45, 7) is 3.37. The zero-order valence-electron chi connectivity index (χ0n) is 20.3. The Kier molecular flexibility index (Phi) is 15.5. The fourth-order valence-electron chi connectivity index (χ4n) is 4.08. The SMILES string of the molecule is O=C(CCCCCCCCC1CO1)NCCCCNC(=O)CCCCCCCCC1CO1. The Balaban J connectivity index is 1.22. The number of nitrogens with one attached hydrogen (secondary N) is 2. The first-order chi connectivity index (χ1) is 15.7. The van der Waals surface area contributed by atoms with Gasteiger partial charge in [-0.25, -0.2) is 0 Å². The maximum atomic E-state index is 11.9. The average molecular weight is 453 g/mol. The fourth-order valence-corrected chi connectivity index (χ4v) is 4.08. The lowest BCUT2D eigenvalue weighted by Crippen LogP contribution is -2.27. The summed E-state index contributed by atoms with van der Waals surface area (Å²) in [6, 6.07) is 0. The topological polar surface area (TPSA) is 83.3 Å². The molecule has 2 heterocycles. The van der Waals surface area contributed by atoms with Crippen molar-refractivity contribution >= 4 is 11.8 Å². The fraction of sp³-hybridized carbons (Fsp3) is 0.923. The summed E-state index contributed by atoms with van der Waals surface area (Å²) in [5, 5.41) is 6.00. The maximum absolute atomic E-state index is 11.9. The molecule has 186 valence electrons. The van der Waals surface area contributed by atoms with Crippen molar-refractivity contribution in [3.8, 4) is 0 Å². The van der Waals surface area contributed by atoms with Crippen LogP contribution in [0.1, 0.15) is 116 Å². The molecule has 2 amide bonds. The Morgan fingerprint density at radius 1 is 0.531 bits per heavy atom. The third-order valence-electron chi connectivity index (χ3n) is 6.41. The first kappa shape index (κ1) is 27.1. The highest BCUT2D eigenvalue weighted by Gasteiger charge is 2.21. The Bertz CT molecular complexity index is 448. The summed E-state index contributed by atoms with van der Waals surface area (Å²) >= 11 is 0. The third-order valence-corrected chi connectivity index (χ3v) is 6.41. The second-order valence-corrected chi connectivity index (χ2v) is 9.64. The number of ether oxygens (including phenoxy) is 2. The van der Waals surface area contributed by atoms with E-state index >= 15 is 0 Å². The predicted molar refractivity (Wildman–Crippen MR) is 129 cm³/mol. The van der Waals surface area contributed by atoms with Crippen LogP contribution in [0.5, 0.6) is 0 Å². The van der Waals surface area contributed by atoms with Crippen molar-refractivity contribution in [2.45, 2.75) is 128 Å². The molecule has 0 radical (unpaired) electrons. The van der Waals surface area contributed by atoms with Crippen molar-refractivity contribution in [1.82, 2.24) is 10.6 Å². The summed E-state index contributed by atoms with van der Waals surface area (Å²) < 4.78 is 10.4. The van der Waals surface area contributed by atoms with E-state index < -0.39 is 0 Å². The number of hydrogen-bond donors (Lipinski definition) is 2. The number of unbranched alkanes of at least 4 members (excludes halogenated alkanes) is 11. The molecule has 0 aromatic carbocycles. The number of hydrogen-bond acceptors (Lipinski definition) is 4. The van der Waals surface area contributed by atoms with E-state index in [4.69, 9.17) is 9.47 Å². The van der Waals surface area contributed by atoms with E-state index in [-0.39, 0.29) is 11.8 Å². The van der Waals surface area contributed by atoms with Crippen LogP contribution in [-0.2, 0) is 19.1 Å². The summed E-state index contributed by atoms with van der Waals surface area (Å²) in [7, 11) is 0. The van der Waals surface area contributed by atoms with Gasteiger partial charge < -0.3 is 20.1 Å². The molecule has 0 aromatic rings. The van der Waals surface area contributed by atoms with E-state index in [2.05, 4.69) is 10.6 Å². The summed E-state index contributed by atoms with van der Waals surface area (Å²) in [6.07, 6.45) is 21.1. The van der Waals surface area contributed by atoms with Crippen LogP contribution in [0.25, 0.3) is 0 Å². The van der Waals surface area contributed by atoms with E-state index in [1.807, 2.05) is 0 Å². The van der Waals surface area contributed by atoms with Gasteiger partial charge in [-0.15, -0.1) is 0 Å². The molecule has 32 heavy (non-hydrogen) atoms. The van der Waals surface area contributed by atoms with Crippen LogP contribution in [0.3, 0.4) is 0 Å². The number of amides is 2. The van der Waals surface area contributed by atoms with E-state index in [9.17, 15) is 9.59 Å². The van der Waals surface area contributed by atoms with Crippen molar-refractivity contribution in [1.29, 1.82) is 0 Å². The van der Waals surface area contributed by atoms with Gasteiger partial charge in [0, 0.05) is 25.9 Å². The molecule has 2 saturated heterocycles. The van der Waals surface area contributed by atoms with Gasteiger partial charge in [-0.2, -0.15) is 0 Å². The molecular formula is C26H48N2O4. The van der Waals surface area contributed by atoms with Gasteiger partial charge in [0.05, 0.1) is 25.4 Å². The van der Waals surface area contributed by atoms with Crippen LogP contribution >= 0.6 is 0 Å². The molecular weight excluding hydrogens is 404 g/mol.